The molecule has 0 spiro atoms. The van der Waals surface area contributed by atoms with Crippen LogP contribution in [0, 0.1) is 27.7 Å². The molecule has 0 aliphatic carbocycles. The first-order chi connectivity index (χ1) is 16.2. The molecule has 0 saturated heterocycles. The standard InChI is InChI=1S/C27H29N3O4/c1-15-5-7-20(9-16(15)2)28-27(33)19-6-8-23-24(12-19)30-26(29-23)25-17(3)10-22(11-18(25)4)34-14-21(32)13-31/h5-12,21,31-32H,13-14H2,1-4H3,(H,28,33)(H,29,30)/t21-/m0/s1. The number of ether oxygens (including phenoxy) is 1. The molecule has 7 nitrogen and oxygen atoms in total. The van der Waals surface area contributed by atoms with Crippen molar-refractivity contribution in [2.24, 2.45) is 0 Å². The van der Waals surface area contributed by atoms with Gasteiger partial charge in [-0.1, -0.05) is 6.07 Å². The summed E-state index contributed by atoms with van der Waals surface area (Å²) in [5, 5.41) is 21.4. The molecule has 0 fully saturated rings. The lowest BCUT2D eigenvalue weighted by molar-refractivity contribution is 0.0536. The van der Waals surface area contributed by atoms with Gasteiger partial charge in [-0.15, -0.1) is 0 Å². The summed E-state index contributed by atoms with van der Waals surface area (Å²) in [6.45, 7) is 7.66. The molecule has 0 aliphatic heterocycles. The van der Waals surface area contributed by atoms with Crippen LogP contribution in [0.3, 0.4) is 0 Å². The largest absolute Gasteiger partial charge is 0.491 e. The van der Waals surface area contributed by atoms with Crippen molar-refractivity contribution in [1.29, 1.82) is 0 Å². The fraction of sp³-hybridized carbons (Fsp3) is 0.259. The molecule has 3 aromatic carbocycles. The zero-order valence-corrected chi connectivity index (χ0v) is 19.8. The van der Waals surface area contributed by atoms with E-state index in [1.165, 1.54) is 5.56 Å². The highest BCUT2D eigenvalue weighted by atomic mass is 16.5. The number of H-pyrrole nitrogens is 1. The first kappa shape index (κ1) is 23.5. The van der Waals surface area contributed by atoms with Gasteiger partial charge in [0, 0.05) is 16.8 Å². The molecular weight excluding hydrogens is 430 g/mol. The maximum atomic E-state index is 12.8. The Morgan fingerprint density at radius 2 is 1.74 bits per heavy atom. The SMILES string of the molecule is Cc1ccc(NC(=O)c2ccc3nc(-c4c(C)cc(OC[C@@H](O)CO)cc4C)[nH]c3c2)cc1C. The van der Waals surface area contributed by atoms with E-state index >= 15 is 0 Å². The van der Waals surface area contributed by atoms with Gasteiger partial charge in [0.15, 0.2) is 0 Å². The van der Waals surface area contributed by atoms with E-state index in [9.17, 15) is 9.90 Å². The zero-order valence-electron chi connectivity index (χ0n) is 19.8. The number of aryl methyl sites for hydroxylation is 4. The minimum Gasteiger partial charge on any atom is -0.491 e. The molecule has 0 saturated carbocycles. The molecule has 4 aromatic rings. The van der Waals surface area contributed by atoms with E-state index in [1.54, 1.807) is 12.1 Å². The molecule has 1 atom stereocenters. The summed E-state index contributed by atoms with van der Waals surface area (Å²) in [7, 11) is 0. The van der Waals surface area contributed by atoms with E-state index in [0.717, 1.165) is 39.0 Å². The van der Waals surface area contributed by atoms with Gasteiger partial charge in [0.05, 0.1) is 17.6 Å². The van der Waals surface area contributed by atoms with Gasteiger partial charge in [0.2, 0.25) is 0 Å². The van der Waals surface area contributed by atoms with Gasteiger partial charge >= 0.3 is 0 Å². The summed E-state index contributed by atoms with van der Waals surface area (Å²) in [5.74, 6) is 1.14. The van der Waals surface area contributed by atoms with Gasteiger partial charge in [-0.05, 0) is 92.4 Å². The maximum absolute atomic E-state index is 12.8. The number of aromatic amines is 1. The topological polar surface area (TPSA) is 107 Å². The van der Waals surface area contributed by atoms with Crippen LogP contribution in [0.15, 0.2) is 48.5 Å². The van der Waals surface area contributed by atoms with E-state index in [-0.39, 0.29) is 19.1 Å². The summed E-state index contributed by atoms with van der Waals surface area (Å²) in [4.78, 5) is 20.9. The lowest BCUT2D eigenvalue weighted by Gasteiger charge is -2.14. The number of amides is 1. The minimum atomic E-state index is -0.919. The molecule has 0 unspecified atom stereocenters. The fourth-order valence-electron chi connectivity index (χ4n) is 3.92. The number of carbonyl (C=O) groups excluding carboxylic acids is 1. The molecule has 34 heavy (non-hydrogen) atoms. The molecular formula is C27H29N3O4. The molecule has 4 rings (SSSR count). The Bertz CT molecular complexity index is 1340. The van der Waals surface area contributed by atoms with Crippen LogP contribution in [0.5, 0.6) is 5.75 Å². The highest BCUT2D eigenvalue weighted by Crippen LogP contribution is 2.31. The number of aromatic nitrogens is 2. The van der Waals surface area contributed by atoms with Crippen molar-refractivity contribution in [2.45, 2.75) is 33.8 Å². The van der Waals surface area contributed by atoms with Crippen LogP contribution in [0.1, 0.15) is 32.6 Å². The van der Waals surface area contributed by atoms with Crippen molar-refractivity contribution in [2.75, 3.05) is 18.5 Å². The highest BCUT2D eigenvalue weighted by molar-refractivity contribution is 6.06. The first-order valence-electron chi connectivity index (χ1n) is 11.2. The average Bonchev–Trinajstić information content (AvgIpc) is 3.22. The molecule has 0 bridgehead atoms. The summed E-state index contributed by atoms with van der Waals surface area (Å²) in [6.07, 6.45) is -0.919. The van der Waals surface area contributed by atoms with Gasteiger partial charge in [-0.2, -0.15) is 0 Å². The number of hydrogen-bond acceptors (Lipinski definition) is 5. The third-order valence-electron chi connectivity index (χ3n) is 5.90. The fourth-order valence-corrected chi connectivity index (χ4v) is 3.92. The Balaban J connectivity index is 1.58. The zero-order chi connectivity index (χ0) is 24.4. The summed E-state index contributed by atoms with van der Waals surface area (Å²) < 4.78 is 5.59. The molecule has 176 valence electrons. The van der Waals surface area contributed by atoms with Crippen molar-refractivity contribution < 1.29 is 19.7 Å². The quantitative estimate of drug-likeness (QED) is 0.327. The summed E-state index contributed by atoms with van der Waals surface area (Å²) in [6, 6.07) is 15.0. The second kappa shape index (κ2) is 9.67. The van der Waals surface area contributed by atoms with Crippen molar-refractivity contribution in [3.05, 3.63) is 76.3 Å². The Morgan fingerprint density at radius 3 is 2.41 bits per heavy atom. The van der Waals surface area contributed by atoms with E-state index in [0.29, 0.717) is 17.1 Å². The number of benzene rings is 3. The predicted octanol–water partition coefficient (Wildman–Crippen LogP) is 4.45. The van der Waals surface area contributed by atoms with Crippen LogP contribution in [-0.2, 0) is 0 Å². The Kier molecular flexibility index (Phi) is 6.68. The second-order valence-electron chi connectivity index (χ2n) is 8.65. The number of rotatable bonds is 7. The third-order valence-corrected chi connectivity index (χ3v) is 5.90. The van der Waals surface area contributed by atoms with Crippen LogP contribution >= 0.6 is 0 Å². The number of aliphatic hydroxyl groups is 2. The number of nitrogens with zero attached hydrogens (tertiary/aromatic N) is 1. The van der Waals surface area contributed by atoms with Gasteiger partial charge in [0.25, 0.3) is 5.91 Å². The van der Waals surface area contributed by atoms with Crippen molar-refractivity contribution in [3.63, 3.8) is 0 Å². The third kappa shape index (κ3) is 4.95. The molecule has 4 N–H and O–H groups in total. The number of nitrogens with one attached hydrogen (secondary N) is 2. The number of hydrogen-bond donors (Lipinski definition) is 4. The number of imidazole rings is 1. The molecule has 1 aromatic heterocycles. The Morgan fingerprint density at radius 1 is 1.00 bits per heavy atom. The van der Waals surface area contributed by atoms with Gasteiger partial charge in [-0.3, -0.25) is 4.79 Å². The molecule has 1 amide bonds. The van der Waals surface area contributed by atoms with E-state index in [4.69, 9.17) is 14.8 Å². The highest BCUT2D eigenvalue weighted by Gasteiger charge is 2.15. The lowest BCUT2D eigenvalue weighted by atomic mass is 10.0. The molecule has 0 radical (unpaired) electrons. The van der Waals surface area contributed by atoms with Gasteiger partial charge in [-0.25, -0.2) is 4.98 Å². The van der Waals surface area contributed by atoms with Crippen LogP contribution in [-0.4, -0.2) is 45.4 Å². The van der Waals surface area contributed by atoms with Crippen LogP contribution in [0.25, 0.3) is 22.4 Å². The Labute approximate surface area is 198 Å². The monoisotopic (exact) mass is 459 g/mol. The summed E-state index contributed by atoms with van der Waals surface area (Å²) in [5.41, 5.74) is 8.01. The smallest absolute Gasteiger partial charge is 0.255 e. The van der Waals surface area contributed by atoms with E-state index < -0.39 is 6.10 Å². The van der Waals surface area contributed by atoms with Crippen LogP contribution < -0.4 is 10.1 Å². The van der Waals surface area contributed by atoms with Gasteiger partial charge in [0.1, 0.15) is 24.3 Å². The van der Waals surface area contributed by atoms with Crippen molar-refractivity contribution in [3.8, 4) is 17.1 Å². The first-order valence-corrected chi connectivity index (χ1v) is 11.2. The van der Waals surface area contributed by atoms with Crippen LogP contribution in [0.4, 0.5) is 5.69 Å². The number of carbonyl (C=O) groups is 1. The number of aliphatic hydroxyl groups excluding tert-OH is 2. The maximum Gasteiger partial charge on any atom is 0.255 e. The number of fused-ring (bicyclic) bond motifs is 1. The molecule has 1 heterocycles. The predicted molar refractivity (Wildman–Crippen MR) is 133 cm³/mol. The van der Waals surface area contributed by atoms with Gasteiger partial charge < -0.3 is 25.3 Å². The molecule has 7 heteroatoms. The lowest BCUT2D eigenvalue weighted by Crippen LogP contribution is -2.21. The normalized spacial score (nSPS) is 12.1. The number of anilines is 1. The van der Waals surface area contributed by atoms with E-state index in [1.807, 2.05) is 64.1 Å². The second-order valence-corrected chi connectivity index (χ2v) is 8.65. The Hall–Kier alpha value is -3.68. The average molecular weight is 460 g/mol. The summed E-state index contributed by atoms with van der Waals surface area (Å²) >= 11 is 0. The van der Waals surface area contributed by atoms with Crippen LogP contribution in [0.2, 0.25) is 0 Å². The van der Waals surface area contributed by atoms with Crippen molar-refractivity contribution >= 4 is 22.6 Å². The molecule has 0 aliphatic rings. The minimum absolute atomic E-state index is 0.0202. The van der Waals surface area contributed by atoms with E-state index in [2.05, 4.69) is 10.3 Å². The van der Waals surface area contributed by atoms with Crippen molar-refractivity contribution in [1.82, 2.24) is 9.97 Å².